The molecule has 2 aliphatic heterocycles. The molecule has 2 atom stereocenters. The van der Waals surface area contributed by atoms with Crippen LogP contribution in [0, 0.1) is 17.3 Å². The number of hydrogen-bond acceptors (Lipinski definition) is 2. The van der Waals surface area contributed by atoms with Gasteiger partial charge in [0, 0.05) is 32.5 Å². The molecule has 0 radical (unpaired) electrons. The molecule has 21 heavy (non-hydrogen) atoms. The molecule has 3 fully saturated rings. The SMILES string of the molecule is CC1(C)CN(CC(=O)N2CCC(F)(F)CC2)CCC2CC21. The van der Waals surface area contributed by atoms with Crippen LogP contribution in [0.3, 0.4) is 0 Å². The molecule has 0 bridgehead atoms. The zero-order valence-corrected chi connectivity index (χ0v) is 13.1. The number of likely N-dealkylation sites (tertiary alicyclic amines) is 2. The van der Waals surface area contributed by atoms with Gasteiger partial charge in [0.25, 0.3) is 5.92 Å². The van der Waals surface area contributed by atoms with Gasteiger partial charge in [0.1, 0.15) is 0 Å². The molecular formula is C16H26F2N2O. The van der Waals surface area contributed by atoms with Crippen molar-refractivity contribution in [3.63, 3.8) is 0 Å². The monoisotopic (exact) mass is 300 g/mol. The van der Waals surface area contributed by atoms with Crippen molar-refractivity contribution in [3.05, 3.63) is 0 Å². The van der Waals surface area contributed by atoms with E-state index in [-0.39, 0.29) is 37.3 Å². The molecule has 1 amide bonds. The van der Waals surface area contributed by atoms with Crippen LogP contribution in [0.5, 0.6) is 0 Å². The van der Waals surface area contributed by atoms with Crippen LogP contribution in [0.2, 0.25) is 0 Å². The number of carbonyl (C=O) groups is 1. The van der Waals surface area contributed by atoms with Gasteiger partial charge in [-0.05, 0) is 36.6 Å². The third-order valence-electron chi connectivity index (χ3n) is 5.58. The number of piperidine rings is 1. The highest BCUT2D eigenvalue weighted by Gasteiger charge is 2.49. The second-order valence-electron chi connectivity index (χ2n) is 7.83. The molecule has 0 N–H and O–H groups in total. The summed E-state index contributed by atoms with van der Waals surface area (Å²) in [6.07, 6.45) is 2.15. The van der Waals surface area contributed by atoms with E-state index in [1.165, 1.54) is 12.8 Å². The second kappa shape index (κ2) is 5.18. The van der Waals surface area contributed by atoms with E-state index in [1.54, 1.807) is 4.90 Å². The van der Waals surface area contributed by atoms with Gasteiger partial charge in [0.2, 0.25) is 5.91 Å². The van der Waals surface area contributed by atoms with E-state index in [9.17, 15) is 13.6 Å². The molecule has 0 aromatic carbocycles. The highest BCUT2D eigenvalue weighted by atomic mass is 19.3. The Kier molecular flexibility index (Phi) is 3.75. The maximum atomic E-state index is 13.2. The number of amides is 1. The first-order valence-electron chi connectivity index (χ1n) is 8.15. The standard InChI is InChI=1S/C16H26F2N2O/c1-15(2)11-19(6-3-12-9-13(12)15)10-14(21)20-7-4-16(17,18)5-8-20/h12-13H,3-11H2,1-2H3. The Labute approximate surface area is 125 Å². The zero-order chi connectivity index (χ0) is 15.3. The molecule has 3 rings (SSSR count). The number of carbonyl (C=O) groups excluding carboxylic acids is 1. The van der Waals surface area contributed by atoms with Crippen molar-refractivity contribution in [1.82, 2.24) is 9.80 Å². The van der Waals surface area contributed by atoms with Crippen molar-refractivity contribution < 1.29 is 13.6 Å². The Morgan fingerprint density at radius 1 is 1.19 bits per heavy atom. The number of fused-ring (bicyclic) bond motifs is 1. The summed E-state index contributed by atoms with van der Waals surface area (Å²) in [5, 5.41) is 0. The summed E-state index contributed by atoms with van der Waals surface area (Å²) in [6.45, 7) is 7.31. The fourth-order valence-corrected chi connectivity index (χ4v) is 4.15. The van der Waals surface area contributed by atoms with E-state index in [0.717, 1.165) is 24.9 Å². The van der Waals surface area contributed by atoms with E-state index in [2.05, 4.69) is 18.7 Å². The summed E-state index contributed by atoms with van der Waals surface area (Å²) in [5.74, 6) is -0.903. The average molecular weight is 300 g/mol. The first-order chi connectivity index (χ1) is 9.77. The van der Waals surface area contributed by atoms with E-state index in [1.807, 2.05) is 0 Å². The molecule has 0 aromatic heterocycles. The molecule has 2 heterocycles. The first kappa shape index (κ1) is 15.2. The minimum atomic E-state index is -2.58. The van der Waals surface area contributed by atoms with Gasteiger partial charge in [0.05, 0.1) is 6.54 Å². The van der Waals surface area contributed by atoms with Gasteiger partial charge in [-0.15, -0.1) is 0 Å². The summed E-state index contributed by atoms with van der Waals surface area (Å²) < 4.78 is 26.3. The molecule has 0 aromatic rings. The van der Waals surface area contributed by atoms with Crippen molar-refractivity contribution in [2.24, 2.45) is 17.3 Å². The molecule has 0 spiro atoms. The topological polar surface area (TPSA) is 23.6 Å². The highest BCUT2D eigenvalue weighted by Crippen LogP contribution is 2.54. The number of rotatable bonds is 2. The lowest BCUT2D eigenvalue weighted by Gasteiger charge is -2.35. The van der Waals surface area contributed by atoms with Gasteiger partial charge in [-0.3, -0.25) is 9.69 Å². The summed E-state index contributed by atoms with van der Waals surface area (Å²) in [4.78, 5) is 16.2. The minimum absolute atomic E-state index is 0.0249. The van der Waals surface area contributed by atoms with Crippen molar-refractivity contribution >= 4 is 5.91 Å². The minimum Gasteiger partial charge on any atom is -0.341 e. The lowest BCUT2D eigenvalue weighted by atomic mass is 9.86. The molecule has 2 unspecified atom stereocenters. The maximum Gasteiger partial charge on any atom is 0.251 e. The summed E-state index contributed by atoms with van der Waals surface area (Å²) in [5.41, 5.74) is 0.274. The van der Waals surface area contributed by atoms with Gasteiger partial charge >= 0.3 is 0 Å². The van der Waals surface area contributed by atoms with E-state index in [4.69, 9.17) is 0 Å². The fourth-order valence-electron chi connectivity index (χ4n) is 4.15. The number of halogens is 2. The second-order valence-corrected chi connectivity index (χ2v) is 7.83. The van der Waals surface area contributed by atoms with Crippen LogP contribution in [0.15, 0.2) is 0 Å². The normalized spacial score (nSPS) is 35.0. The molecule has 5 heteroatoms. The molecular weight excluding hydrogens is 274 g/mol. The fraction of sp³-hybridized carbons (Fsp3) is 0.938. The van der Waals surface area contributed by atoms with Crippen molar-refractivity contribution in [3.8, 4) is 0 Å². The van der Waals surface area contributed by atoms with Crippen LogP contribution in [0.1, 0.15) is 39.5 Å². The van der Waals surface area contributed by atoms with Gasteiger partial charge in [0.15, 0.2) is 0 Å². The van der Waals surface area contributed by atoms with Crippen molar-refractivity contribution in [2.75, 3.05) is 32.7 Å². The predicted octanol–water partition coefficient (Wildman–Crippen LogP) is 2.61. The Hall–Kier alpha value is -0.710. The molecule has 1 aliphatic carbocycles. The smallest absolute Gasteiger partial charge is 0.251 e. The van der Waals surface area contributed by atoms with Crippen molar-refractivity contribution in [1.29, 1.82) is 0 Å². The zero-order valence-electron chi connectivity index (χ0n) is 13.1. The largest absolute Gasteiger partial charge is 0.341 e. The quantitative estimate of drug-likeness (QED) is 0.782. The molecule has 3 nitrogen and oxygen atoms in total. The summed E-state index contributed by atoms with van der Waals surface area (Å²) in [7, 11) is 0. The molecule has 120 valence electrons. The maximum absolute atomic E-state index is 13.2. The summed E-state index contributed by atoms with van der Waals surface area (Å²) in [6, 6.07) is 0. The van der Waals surface area contributed by atoms with E-state index in [0.29, 0.717) is 6.54 Å². The Morgan fingerprint density at radius 3 is 2.52 bits per heavy atom. The Morgan fingerprint density at radius 2 is 1.86 bits per heavy atom. The lowest BCUT2D eigenvalue weighted by Crippen LogP contribution is -2.48. The van der Waals surface area contributed by atoms with Gasteiger partial charge in [-0.1, -0.05) is 13.8 Å². The van der Waals surface area contributed by atoms with Crippen molar-refractivity contribution in [2.45, 2.75) is 45.5 Å². The van der Waals surface area contributed by atoms with E-state index < -0.39 is 5.92 Å². The molecule has 2 saturated heterocycles. The predicted molar refractivity (Wildman–Crippen MR) is 77.2 cm³/mol. The number of alkyl halides is 2. The van der Waals surface area contributed by atoms with Gasteiger partial charge in [-0.2, -0.15) is 0 Å². The van der Waals surface area contributed by atoms with Crippen LogP contribution >= 0.6 is 0 Å². The van der Waals surface area contributed by atoms with E-state index >= 15 is 0 Å². The Bertz CT molecular complexity index is 415. The third-order valence-corrected chi connectivity index (χ3v) is 5.58. The average Bonchev–Trinajstić information content (AvgIpc) is 3.15. The molecule has 3 aliphatic rings. The Balaban J connectivity index is 1.53. The van der Waals surface area contributed by atoms with Crippen LogP contribution in [0.4, 0.5) is 8.78 Å². The van der Waals surface area contributed by atoms with Gasteiger partial charge in [-0.25, -0.2) is 8.78 Å². The summed E-state index contributed by atoms with van der Waals surface area (Å²) >= 11 is 0. The van der Waals surface area contributed by atoms with Crippen LogP contribution < -0.4 is 0 Å². The van der Waals surface area contributed by atoms with Gasteiger partial charge < -0.3 is 4.90 Å². The number of nitrogens with zero attached hydrogens (tertiary/aromatic N) is 2. The first-order valence-corrected chi connectivity index (χ1v) is 8.15. The van der Waals surface area contributed by atoms with Crippen LogP contribution in [-0.2, 0) is 4.79 Å². The lowest BCUT2D eigenvalue weighted by molar-refractivity contribution is -0.138. The molecule has 1 saturated carbocycles. The number of hydrogen-bond donors (Lipinski definition) is 0. The van der Waals surface area contributed by atoms with Crippen LogP contribution in [-0.4, -0.2) is 54.4 Å². The van der Waals surface area contributed by atoms with Crippen LogP contribution in [0.25, 0.3) is 0 Å². The highest BCUT2D eigenvalue weighted by molar-refractivity contribution is 5.78. The third kappa shape index (κ3) is 3.38.